The van der Waals surface area contributed by atoms with Crippen LogP contribution in [-0.2, 0) is 0 Å². The number of hydrogen-bond acceptors (Lipinski definition) is 7. The Hall–Kier alpha value is -1.34. The predicted molar refractivity (Wildman–Crippen MR) is 102 cm³/mol. The number of aromatic nitrogens is 4. The maximum absolute atomic E-state index is 7.05. The Labute approximate surface area is 154 Å². The molecular formula is C17H27N7OP+. The number of aromatic amines is 1. The lowest BCUT2D eigenvalue weighted by Gasteiger charge is -2.41. The molecule has 0 unspecified atom stereocenters. The number of hydrogen-bond donors (Lipinski definition) is 1. The van der Waals surface area contributed by atoms with Crippen LogP contribution in [0.1, 0.15) is 38.5 Å². The van der Waals surface area contributed by atoms with Crippen LogP contribution < -0.4 is 4.52 Å². The van der Waals surface area contributed by atoms with Gasteiger partial charge in [0.2, 0.25) is 11.4 Å². The van der Waals surface area contributed by atoms with Crippen LogP contribution in [0.2, 0.25) is 0 Å². The van der Waals surface area contributed by atoms with Gasteiger partial charge < -0.3 is 0 Å². The van der Waals surface area contributed by atoms with Gasteiger partial charge in [-0.15, -0.1) is 19.1 Å². The van der Waals surface area contributed by atoms with Crippen molar-refractivity contribution < 1.29 is 4.52 Å². The third-order valence-electron chi connectivity index (χ3n) is 5.76. The fraction of sp³-hybridized carbons (Fsp3) is 0.706. The van der Waals surface area contributed by atoms with Gasteiger partial charge in [0.15, 0.2) is 5.52 Å². The average molecular weight is 376 g/mol. The van der Waals surface area contributed by atoms with E-state index in [0.717, 1.165) is 50.5 Å². The quantitative estimate of drug-likeness (QED) is 0.804. The Kier molecular flexibility index (Phi) is 4.52. The first-order valence-electron chi connectivity index (χ1n) is 9.88. The molecule has 0 atom stereocenters. The monoisotopic (exact) mass is 376 g/mol. The van der Waals surface area contributed by atoms with E-state index in [0.29, 0.717) is 5.65 Å². The minimum absolute atomic E-state index is 0.630. The van der Waals surface area contributed by atoms with Crippen LogP contribution >= 0.6 is 7.94 Å². The van der Waals surface area contributed by atoms with Crippen LogP contribution in [0, 0.1) is 0 Å². The summed E-state index contributed by atoms with van der Waals surface area (Å²) in [4.78, 5) is 4.31. The van der Waals surface area contributed by atoms with Crippen molar-refractivity contribution in [3.05, 3.63) is 12.3 Å². The highest BCUT2D eigenvalue weighted by atomic mass is 31.2. The number of pyridine rings is 1. The highest BCUT2D eigenvalue weighted by Gasteiger charge is 2.62. The molecule has 3 aliphatic heterocycles. The largest absolute Gasteiger partial charge is 0.417 e. The second-order valence-electron chi connectivity index (χ2n) is 7.39. The van der Waals surface area contributed by atoms with Gasteiger partial charge in [-0.25, -0.2) is 4.98 Å². The normalized spacial score (nSPS) is 23.4. The molecule has 3 aliphatic rings. The van der Waals surface area contributed by atoms with Gasteiger partial charge in [-0.2, -0.15) is 10.3 Å². The van der Waals surface area contributed by atoms with Gasteiger partial charge in [0, 0.05) is 51.5 Å². The molecule has 2 aromatic heterocycles. The first-order valence-corrected chi connectivity index (χ1v) is 11.4. The molecule has 0 radical (unpaired) electrons. The van der Waals surface area contributed by atoms with Crippen LogP contribution in [0.15, 0.2) is 12.3 Å². The van der Waals surface area contributed by atoms with Crippen LogP contribution in [0.25, 0.3) is 11.2 Å². The predicted octanol–water partition coefficient (Wildman–Crippen LogP) is 2.70. The molecule has 5 heterocycles. The van der Waals surface area contributed by atoms with E-state index >= 15 is 0 Å². The Morgan fingerprint density at radius 3 is 1.88 bits per heavy atom. The summed E-state index contributed by atoms with van der Waals surface area (Å²) in [5.74, 6) is 0.822. The summed E-state index contributed by atoms with van der Waals surface area (Å²) in [6.45, 7) is 6.80. The summed E-state index contributed by atoms with van der Waals surface area (Å²) in [7, 11) is -2.05. The van der Waals surface area contributed by atoms with E-state index in [-0.39, 0.29) is 0 Å². The van der Waals surface area contributed by atoms with Crippen molar-refractivity contribution >= 4 is 19.1 Å². The zero-order valence-electron chi connectivity index (χ0n) is 15.2. The van der Waals surface area contributed by atoms with E-state index in [2.05, 4.69) is 34.4 Å². The van der Waals surface area contributed by atoms with Gasteiger partial charge in [-0.1, -0.05) is 0 Å². The van der Waals surface area contributed by atoms with Gasteiger partial charge in [-0.05, 0) is 38.5 Å². The van der Waals surface area contributed by atoms with E-state index in [1.165, 1.54) is 38.5 Å². The third-order valence-corrected chi connectivity index (χ3v) is 9.61. The molecule has 2 aromatic rings. The zero-order valence-corrected chi connectivity index (χ0v) is 16.1. The van der Waals surface area contributed by atoms with Gasteiger partial charge >= 0.3 is 7.94 Å². The van der Waals surface area contributed by atoms with Crippen molar-refractivity contribution in [1.82, 2.24) is 34.4 Å². The van der Waals surface area contributed by atoms with Crippen LogP contribution in [-0.4, -0.2) is 73.7 Å². The lowest BCUT2D eigenvalue weighted by atomic mass is 10.4. The first kappa shape index (κ1) is 16.8. The number of nitrogens with one attached hydrogen (secondary N) is 1. The highest BCUT2D eigenvalue weighted by molar-refractivity contribution is 7.64. The molecule has 9 heteroatoms. The van der Waals surface area contributed by atoms with Crippen molar-refractivity contribution in [1.29, 1.82) is 0 Å². The topological polar surface area (TPSA) is 73.4 Å². The number of H-pyrrole nitrogens is 1. The minimum atomic E-state index is -2.05. The van der Waals surface area contributed by atoms with Gasteiger partial charge in [0.25, 0.3) is 0 Å². The molecule has 3 fully saturated rings. The van der Waals surface area contributed by atoms with Crippen LogP contribution in [0.3, 0.4) is 0 Å². The lowest BCUT2D eigenvalue weighted by molar-refractivity contribution is 0.294. The van der Waals surface area contributed by atoms with Crippen molar-refractivity contribution in [2.24, 2.45) is 0 Å². The molecule has 8 nitrogen and oxygen atoms in total. The molecule has 0 saturated carbocycles. The Balaban J connectivity index is 1.60. The molecule has 5 rings (SSSR count). The molecule has 0 aliphatic carbocycles. The van der Waals surface area contributed by atoms with Crippen molar-refractivity contribution in [2.45, 2.75) is 38.5 Å². The molecule has 1 N–H and O–H groups in total. The smallest absolute Gasteiger partial charge is 0.289 e. The second kappa shape index (κ2) is 7.00. The molecule has 0 bridgehead atoms. The van der Waals surface area contributed by atoms with Gasteiger partial charge in [0.05, 0.1) is 0 Å². The van der Waals surface area contributed by atoms with Crippen LogP contribution in [0.4, 0.5) is 0 Å². The summed E-state index contributed by atoms with van der Waals surface area (Å²) >= 11 is 0. The summed E-state index contributed by atoms with van der Waals surface area (Å²) in [6.07, 6.45) is 9.38. The maximum Gasteiger partial charge on any atom is 0.417 e. The van der Waals surface area contributed by atoms with E-state index in [9.17, 15) is 0 Å². The van der Waals surface area contributed by atoms with Gasteiger partial charge in [0.1, 0.15) is 0 Å². The molecule has 140 valence electrons. The first-order chi connectivity index (χ1) is 12.9. The molecular weight excluding hydrogens is 349 g/mol. The Morgan fingerprint density at radius 1 is 0.808 bits per heavy atom. The SMILES string of the molecule is c1cc(O[P+](N2CCCC2)(N2CCCC2)N2CCCC2)c2n[nH]nc2n1. The fourth-order valence-corrected chi connectivity index (χ4v) is 8.78. The standard InChI is InChI=1S/C17H27N7OP/c1-2-10-22(9-1)26(23-11-3-4-12-23,24-13-5-6-14-24)25-15-7-8-18-17-16(15)19-21-20-17/h7-8H,1-6,9-14H2,(H,18,19,20,21)/q+1. The number of fused-ring (bicyclic) bond motifs is 1. The maximum atomic E-state index is 7.05. The highest BCUT2D eigenvalue weighted by Crippen LogP contribution is 2.70. The van der Waals surface area contributed by atoms with Gasteiger partial charge in [-0.3, -0.25) is 4.52 Å². The molecule has 0 spiro atoms. The van der Waals surface area contributed by atoms with Crippen molar-refractivity contribution in [3.8, 4) is 5.75 Å². The van der Waals surface area contributed by atoms with Crippen molar-refractivity contribution in [2.75, 3.05) is 39.3 Å². The molecule has 26 heavy (non-hydrogen) atoms. The van der Waals surface area contributed by atoms with Crippen LogP contribution in [0.5, 0.6) is 5.75 Å². The number of nitrogens with zero attached hydrogens (tertiary/aromatic N) is 6. The van der Waals surface area contributed by atoms with E-state index < -0.39 is 7.94 Å². The summed E-state index contributed by atoms with van der Waals surface area (Å²) in [5.41, 5.74) is 1.37. The minimum Gasteiger partial charge on any atom is -0.289 e. The van der Waals surface area contributed by atoms with E-state index in [1.807, 2.05) is 6.07 Å². The van der Waals surface area contributed by atoms with Crippen molar-refractivity contribution in [3.63, 3.8) is 0 Å². The van der Waals surface area contributed by atoms with E-state index in [1.54, 1.807) is 6.20 Å². The third kappa shape index (κ3) is 2.71. The Bertz CT molecular complexity index is 710. The van der Waals surface area contributed by atoms with E-state index in [4.69, 9.17) is 4.52 Å². The average Bonchev–Trinajstić information content (AvgIpc) is 3.48. The Morgan fingerprint density at radius 2 is 1.35 bits per heavy atom. The molecule has 0 aromatic carbocycles. The second-order valence-corrected chi connectivity index (χ2v) is 10.3. The number of rotatable bonds is 5. The fourth-order valence-electron chi connectivity index (χ4n) is 4.53. The lowest BCUT2D eigenvalue weighted by Crippen LogP contribution is -2.45. The zero-order chi connectivity index (χ0) is 17.4. The summed E-state index contributed by atoms with van der Waals surface area (Å²) < 4.78 is 15.0. The summed E-state index contributed by atoms with van der Waals surface area (Å²) in [5, 5.41) is 11.2. The molecule has 3 saturated heterocycles. The summed E-state index contributed by atoms with van der Waals surface area (Å²) in [6, 6.07) is 1.96. The molecule has 0 amide bonds.